The van der Waals surface area contributed by atoms with Gasteiger partial charge in [-0.1, -0.05) is 18.2 Å². The number of aromatic nitrogens is 1. The molecule has 4 rings (SSSR count). The number of imide groups is 1. The average Bonchev–Trinajstić information content (AvgIpc) is 3.30. The Balaban J connectivity index is 1.58. The molecular weight excluding hydrogens is 441 g/mol. The summed E-state index contributed by atoms with van der Waals surface area (Å²) in [5, 5.41) is 4.08. The summed E-state index contributed by atoms with van der Waals surface area (Å²) >= 11 is 0. The first-order valence-electron chi connectivity index (χ1n) is 9.88. The van der Waals surface area contributed by atoms with Crippen molar-refractivity contribution < 1.29 is 32.3 Å². The first-order valence-corrected chi connectivity index (χ1v) is 9.88. The molecule has 4 amide bonds. The van der Waals surface area contributed by atoms with Crippen LogP contribution in [-0.2, 0) is 11.2 Å². The Morgan fingerprint density at radius 1 is 1.15 bits per heavy atom. The van der Waals surface area contributed by atoms with Crippen LogP contribution < -0.4 is 15.4 Å². The van der Waals surface area contributed by atoms with Gasteiger partial charge in [0.1, 0.15) is 5.75 Å². The van der Waals surface area contributed by atoms with E-state index in [2.05, 4.69) is 4.98 Å². The van der Waals surface area contributed by atoms with E-state index in [1.54, 1.807) is 41.1 Å². The van der Waals surface area contributed by atoms with Gasteiger partial charge in [-0.15, -0.1) is 0 Å². The fourth-order valence-corrected chi connectivity index (χ4v) is 3.68. The van der Waals surface area contributed by atoms with Crippen LogP contribution in [0.1, 0.15) is 15.9 Å². The van der Waals surface area contributed by atoms with Gasteiger partial charge in [-0.2, -0.15) is 13.2 Å². The van der Waals surface area contributed by atoms with Crippen molar-refractivity contribution in [3.63, 3.8) is 0 Å². The second-order valence-corrected chi connectivity index (χ2v) is 7.43. The number of halogens is 3. The number of hydrogen-bond acceptors (Lipinski definition) is 4. The Morgan fingerprint density at radius 2 is 1.88 bits per heavy atom. The number of H-pyrrole nitrogens is 1. The molecule has 8 nitrogen and oxygen atoms in total. The van der Waals surface area contributed by atoms with E-state index in [1.165, 1.54) is 31.4 Å². The highest BCUT2D eigenvalue weighted by Gasteiger charge is 2.68. The molecule has 1 atom stereocenters. The number of benzene rings is 2. The van der Waals surface area contributed by atoms with E-state index >= 15 is 0 Å². The number of rotatable bonds is 6. The minimum Gasteiger partial charge on any atom is -0.497 e. The molecule has 1 aliphatic rings. The zero-order chi connectivity index (χ0) is 23.8. The molecule has 0 unspecified atom stereocenters. The number of nitrogens with one attached hydrogen (secondary N) is 3. The minimum atomic E-state index is -5.27. The standard InChI is InChI=1S/C22H19F3N4O4/c1-33-15-7-8-17-16(11-15)14(12-26-17)9-10-29-19(31)21(22(23,24)25,28-20(29)32)27-18(30)13-5-3-2-4-6-13/h2-8,11-12,26H,9-10H2,1H3,(H,27,30)(H,28,32)/t21-/m0/s1. The van der Waals surface area contributed by atoms with Crippen molar-refractivity contribution >= 4 is 28.7 Å². The number of carbonyl (C=O) groups is 3. The lowest BCUT2D eigenvalue weighted by Gasteiger charge is -2.29. The van der Waals surface area contributed by atoms with E-state index in [-0.39, 0.29) is 18.5 Å². The Morgan fingerprint density at radius 3 is 2.55 bits per heavy atom. The number of methoxy groups -OCH3 is 1. The average molecular weight is 460 g/mol. The van der Waals surface area contributed by atoms with Crippen LogP contribution in [0.25, 0.3) is 10.9 Å². The molecular formula is C22H19F3N4O4. The van der Waals surface area contributed by atoms with Crippen LogP contribution >= 0.6 is 0 Å². The summed E-state index contributed by atoms with van der Waals surface area (Å²) in [6.07, 6.45) is -3.53. The predicted octanol–water partition coefficient (Wildman–Crippen LogP) is 2.96. The molecule has 0 aliphatic carbocycles. The van der Waals surface area contributed by atoms with Crippen molar-refractivity contribution in [1.82, 2.24) is 20.5 Å². The molecule has 2 aromatic carbocycles. The number of alkyl halides is 3. The molecule has 172 valence electrons. The number of ether oxygens (including phenoxy) is 1. The zero-order valence-electron chi connectivity index (χ0n) is 17.3. The smallest absolute Gasteiger partial charge is 0.440 e. The number of nitrogens with zero attached hydrogens (tertiary/aromatic N) is 1. The van der Waals surface area contributed by atoms with Gasteiger partial charge >= 0.3 is 12.2 Å². The van der Waals surface area contributed by atoms with Gasteiger partial charge in [-0.05, 0) is 42.3 Å². The Kier molecular flexibility index (Phi) is 5.48. The van der Waals surface area contributed by atoms with Gasteiger partial charge in [0.05, 0.1) is 7.11 Å². The number of amides is 4. The lowest BCUT2D eigenvalue weighted by molar-refractivity contribution is -0.200. The van der Waals surface area contributed by atoms with Crippen LogP contribution in [0.5, 0.6) is 5.75 Å². The Bertz CT molecular complexity index is 1230. The van der Waals surface area contributed by atoms with Crippen LogP contribution in [0.3, 0.4) is 0 Å². The molecule has 0 bridgehead atoms. The second-order valence-electron chi connectivity index (χ2n) is 7.43. The first kappa shape index (κ1) is 22.2. The molecule has 1 aromatic heterocycles. The SMILES string of the molecule is COc1ccc2[nH]cc(CCN3C(=O)N[C@](NC(=O)c4ccccc4)(C(F)(F)F)C3=O)c2c1. The predicted molar refractivity (Wildman–Crippen MR) is 111 cm³/mol. The number of urea groups is 1. The van der Waals surface area contributed by atoms with Crippen LogP contribution in [-0.4, -0.2) is 53.2 Å². The molecule has 11 heteroatoms. The monoisotopic (exact) mass is 460 g/mol. The van der Waals surface area contributed by atoms with E-state index in [0.717, 1.165) is 10.9 Å². The van der Waals surface area contributed by atoms with Crippen LogP contribution in [0, 0.1) is 0 Å². The molecule has 3 aromatic rings. The van der Waals surface area contributed by atoms with E-state index in [0.29, 0.717) is 16.2 Å². The van der Waals surface area contributed by atoms with Gasteiger partial charge in [0.2, 0.25) is 0 Å². The molecule has 1 fully saturated rings. The van der Waals surface area contributed by atoms with Gasteiger partial charge in [0.15, 0.2) is 0 Å². The minimum absolute atomic E-state index is 0.0886. The summed E-state index contributed by atoms with van der Waals surface area (Å²) < 4.78 is 47.2. The molecule has 1 saturated heterocycles. The first-order chi connectivity index (χ1) is 15.7. The van der Waals surface area contributed by atoms with Crippen molar-refractivity contribution in [2.45, 2.75) is 18.3 Å². The third-order valence-electron chi connectivity index (χ3n) is 5.45. The van der Waals surface area contributed by atoms with E-state index < -0.39 is 29.7 Å². The fraction of sp³-hybridized carbons (Fsp3) is 0.227. The van der Waals surface area contributed by atoms with E-state index in [9.17, 15) is 27.6 Å². The van der Waals surface area contributed by atoms with Crippen molar-refractivity contribution in [3.05, 3.63) is 65.9 Å². The van der Waals surface area contributed by atoms with Crippen molar-refractivity contribution in [1.29, 1.82) is 0 Å². The molecule has 1 aliphatic heterocycles. The maximum absolute atomic E-state index is 14.0. The summed E-state index contributed by atoms with van der Waals surface area (Å²) in [5.74, 6) is -2.16. The summed E-state index contributed by atoms with van der Waals surface area (Å²) in [6.45, 7) is -0.326. The van der Waals surface area contributed by atoms with Crippen molar-refractivity contribution in [2.24, 2.45) is 0 Å². The number of hydrogen-bond donors (Lipinski definition) is 3. The zero-order valence-corrected chi connectivity index (χ0v) is 17.3. The maximum atomic E-state index is 14.0. The highest BCUT2D eigenvalue weighted by molar-refractivity contribution is 6.10. The number of carbonyl (C=O) groups excluding carboxylic acids is 3. The maximum Gasteiger partial charge on any atom is 0.440 e. The molecule has 0 radical (unpaired) electrons. The van der Waals surface area contributed by atoms with Gasteiger partial charge < -0.3 is 15.0 Å². The quantitative estimate of drug-likeness (QED) is 0.492. The summed E-state index contributed by atoms with van der Waals surface area (Å²) in [6, 6.07) is 11.1. The number of fused-ring (bicyclic) bond motifs is 1. The Labute approximate surface area is 185 Å². The lowest BCUT2D eigenvalue weighted by atomic mass is 10.1. The third kappa shape index (κ3) is 3.86. The van der Waals surface area contributed by atoms with Crippen molar-refractivity contribution in [2.75, 3.05) is 13.7 Å². The van der Waals surface area contributed by atoms with Crippen LogP contribution in [0.15, 0.2) is 54.7 Å². The largest absolute Gasteiger partial charge is 0.497 e. The van der Waals surface area contributed by atoms with E-state index in [1.807, 2.05) is 0 Å². The Hall–Kier alpha value is -4.02. The van der Waals surface area contributed by atoms with Crippen LogP contribution in [0.4, 0.5) is 18.0 Å². The highest BCUT2D eigenvalue weighted by atomic mass is 19.4. The normalized spacial score (nSPS) is 18.5. The number of aromatic amines is 1. The van der Waals surface area contributed by atoms with Gasteiger partial charge in [0.25, 0.3) is 17.5 Å². The molecule has 0 spiro atoms. The summed E-state index contributed by atoms with van der Waals surface area (Å²) in [4.78, 5) is 41.2. The van der Waals surface area contributed by atoms with Crippen LogP contribution in [0.2, 0.25) is 0 Å². The topological polar surface area (TPSA) is 104 Å². The fourth-order valence-electron chi connectivity index (χ4n) is 3.68. The lowest BCUT2D eigenvalue weighted by Crippen LogP contribution is -2.69. The second kappa shape index (κ2) is 8.15. The van der Waals surface area contributed by atoms with Gasteiger partial charge in [0, 0.05) is 29.2 Å². The highest BCUT2D eigenvalue weighted by Crippen LogP contribution is 2.34. The van der Waals surface area contributed by atoms with Gasteiger partial charge in [-0.3, -0.25) is 19.8 Å². The van der Waals surface area contributed by atoms with Crippen molar-refractivity contribution in [3.8, 4) is 5.75 Å². The van der Waals surface area contributed by atoms with Gasteiger partial charge in [-0.25, -0.2) is 4.79 Å². The molecule has 3 N–H and O–H groups in total. The third-order valence-corrected chi connectivity index (χ3v) is 5.45. The summed E-state index contributed by atoms with van der Waals surface area (Å²) in [7, 11) is 1.50. The molecule has 0 saturated carbocycles. The summed E-state index contributed by atoms with van der Waals surface area (Å²) in [5.41, 5.74) is -2.19. The molecule has 33 heavy (non-hydrogen) atoms. The van der Waals surface area contributed by atoms with E-state index in [4.69, 9.17) is 4.74 Å². The molecule has 2 heterocycles.